The minimum Gasteiger partial charge on any atom is -0.494 e. The number of alkyl halides is 1. The molecule has 0 unspecified atom stereocenters. The average Bonchev–Trinajstić information content (AvgIpc) is 2.28. The second-order valence-corrected chi connectivity index (χ2v) is 3.42. The molecule has 0 atom stereocenters. The Balaban J connectivity index is 2.89. The Morgan fingerprint density at radius 2 is 2.31 bits per heavy atom. The second-order valence-electron chi connectivity index (χ2n) is 3.15. The lowest BCUT2D eigenvalue weighted by Crippen LogP contribution is -2.11. The van der Waals surface area contributed by atoms with Crippen LogP contribution < -0.4 is 10.3 Å². The molecule has 0 radical (unpaired) electrons. The summed E-state index contributed by atoms with van der Waals surface area (Å²) in [6, 6.07) is 2.29. The molecule has 84 valence electrons. The highest BCUT2D eigenvalue weighted by atomic mass is 35.5. The topological polar surface area (TPSA) is 55.0 Å². The summed E-state index contributed by atoms with van der Waals surface area (Å²) in [5.74, 6) is 0.0675. The molecule has 4 nitrogen and oxygen atoms in total. The largest absolute Gasteiger partial charge is 0.494 e. The highest BCUT2D eigenvalue weighted by molar-refractivity contribution is 6.16. The van der Waals surface area contributed by atoms with E-state index in [1.165, 1.54) is 13.2 Å². The number of aromatic amines is 1. The number of rotatable bonds is 2. The average molecular weight is 243 g/mol. The van der Waals surface area contributed by atoms with Gasteiger partial charge >= 0.3 is 0 Å². The molecule has 2 aromatic rings. The van der Waals surface area contributed by atoms with E-state index in [4.69, 9.17) is 16.3 Å². The molecular formula is C10H8ClFN2O2. The van der Waals surface area contributed by atoms with Crippen LogP contribution in [0.4, 0.5) is 4.39 Å². The van der Waals surface area contributed by atoms with Crippen LogP contribution in [0.2, 0.25) is 0 Å². The van der Waals surface area contributed by atoms with Gasteiger partial charge in [0.25, 0.3) is 5.56 Å². The van der Waals surface area contributed by atoms with Gasteiger partial charge < -0.3 is 9.72 Å². The minimum atomic E-state index is -0.546. The van der Waals surface area contributed by atoms with Crippen LogP contribution in [0.3, 0.4) is 0 Å². The van der Waals surface area contributed by atoms with E-state index >= 15 is 0 Å². The van der Waals surface area contributed by atoms with Gasteiger partial charge in [0, 0.05) is 6.07 Å². The van der Waals surface area contributed by atoms with Crippen LogP contribution in [-0.2, 0) is 5.88 Å². The van der Waals surface area contributed by atoms with Crippen molar-refractivity contribution < 1.29 is 9.13 Å². The van der Waals surface area contributed by atoms with Gasteiger partial charge in [0.15, 0.2) is 0 Å². The van der Waals surface area contributed by atoms with Crippen LogP contribution in [0.25, 0.3) is 10.9 Å². The lowest BCUT2D eigenvalue weighted by molar-refractivity contribution is 0.415. The Labute approximate surface area is 95.0 Å². The second kappa shape index (κ2) is 4.09. The summed E-state index contributed by atoms with van der Waals surface area (Å²) in [6.45, 7) is 0. The standard InChI is InChI=1S/C10H8ClFN2O2/c1-16-7-3-5(12)2-6-9(7)13-8(4-11)14-10(6)15/h2-3H,4H2,1H3,(H,13,14,15). The molecule has 0 bridgehead atoms. The number of methoxy groups -OCH3 is 1. The van der Waals surface area contributed by atoms with Gasteiger partial charge in [-0.15, -0.1) is 11.6 Å². The highest BCUT2D eigenvalue weighted by Gasteiger charge is 2.10. The van der Waals surface area contributed by atoms with Crippen molar-refractivity contribution in [3.8, 4) is 5.75 Å². The number of halogens is 2. The first kappa shape index (κ1) is 10.9. The molecule has 2 rings (SSSR count). The summed E-state index contributed by atoms with van der Waals surface area (Å²) in [5, 5.41) is 0.144. The summed E-state index contributed by atoms with van der Waals surface area (Å²) >= 11 is 5.58. The Morgan fingerprint density at radius 1 is 1.56 bits per heavy atom. The van der Waals surface area contributed by atoms with Crippen molar-refractivity contribution in [1.82, 2.24) is 9.97 Å². The maximum atomic E-state index is 13.2. The normalized spacial score (nSPS) is 10.7. The van der Waals surface area contributed by atoms with E-state index < -0.39 is 11.4 Å². The molecule has 0 aliphatic carbocycles. The molecule has 1 heterocycles. The molecule has 1 N–H and O–H groups in total. The smallest absolute Gasteiger partial charge is 0.259 e. The summed E-state index contributed by atoms with van der Waals surface area (Å²) in [7, 11) is 1.39. The van der Waals surface area contributed by atoms with Crippen molar-refractivity contribution >= 4 is 22.5 Å². The van der Waals surface area contributed by atoms with Gasteiger partial charge in [-0.05, 0) is 6.07 Å². The van der Waals surface area contributed by atoms with E-state index in [9.17, 15) is 9.18 Å². The van der Waals surface area contributed by atoms with Crippen molar-refractivity contribution in [2.24, 2.45) is 0 Å². The van der Waals surface area contributed by atoms with Gasteiger partial charge in [-0.1, -0.05) is 0 Å². The van der Waals surface area contributed by atoms with E-state index in [0.717, 1.165) is 6.07 Å². The Morgan fingerprint density at radius 3 is 2.94 bits per heavy atom. The highest BCUT2D eigenvalue weighted by Crippen LogP contribution is 2.22. The number of hydrogen-bond acceptors (Lipinski definition) is 3. The molecule has 16 heavy (non-hydrogen) atoms. The van der Waals surface area contributed by atoms with Crippen molar-refractivity contribution in [2.75, 3.05) is 7.11 Å². The lowest BCUT2D eigenvalue weighted by Gasteiger charge is -2.05. The first-order valence-corrected chi connectivity index (χ1v) is 5.01. The molecule has 6 heteroatoms. The number of nitrogens with one attached hydrogen (secondary N) is 1. The number of benzene rings is 1. The Hall–Kier alpha value is -1.62. The molecule has 0 aliphatic rings. The number of nitrogens with zero attached hydrogens (tertiary/aromatic N) is 1. The van der Waals surface area contributed by atoms with Crippen LogP contribution in [0.15, 0.2) is 16.9 Å². The van der Waals surface area contributed by atoms with Gasteiger partial charge in [0.1, 0.15) is 22.9 Å². The van der Waals surface area contributed by atoms with Crippen LogP contribution in [-0.4, -0.2) is 17.1 Å². The lowest BCUT2D eigenvalue weighted by atomic mass is 10.2. The quantitative estimate of drug-likeness (QED) is 0.817. The summed E-state index contributed by atoms with van der Waals surface area (Å²) in [5.41, 5.74) is -0.123. The SMILES string of the molecule is COc1cc(F)cc2c(=O)[nH]c(CCl)nc12. The Kier molecular flexibility index (Phi) is 2.78. The number of aromatic nitrogens is 2. The molecule has 1 aromatic carbocycles. The van der Waals surface area contributed by atoms with E-state index in [-0.39, 0.29) is 17.0 Å². The fourth-order valence-electron chi connectivity index (χ4n) is 1.44. The number of H-pyrrole nitrogens is 1. The van der Waals surface area contributed by atoms with Crippen molar-refractivity contribution in [3.63, 3.8) is 0 Å². The third kappa shape index (κ3) is 1.74. The van der Waals surface area contributed by atoms with Gasteiger partial charge in [-0.25, -0.2) is 9.37 Å². The molecule has 0 saturated heterocycles. The molecule has 0 spiro atoms. The van der Waals surface area contributed by atoms with Crippen molar-refractivity contribution in [1.29, 1.82) is 0 Å². The molecule has 0 amide bonds. The van der Waals surface area contributed by atoms with E-state index in [0.29, 0.717) is 11.3 Å². The first-order chi connectivity index (χ1) is 7.65. The van der Waals surface area contributed by atoms with Crippen molar-refractivity contribution in [2.45, 2.75) is 5.88 Å². The van der Waals surface area contributed by atoms with Crippen LogP contribution in [0, 0.1) is 5.82 Å². The molecule has 1 aromatic heterocycles. The van der Waals surface area contributed by atoms with Gasteiger partial charge in [-0.3, -0.25) is 4.79 Å². The maximum Gasteiger partial charge on any atom is 0.259 e. The predicted molar refractivity (Wildman–Crippen MR) is 58.4 cm³/mol. The maximum absolute atomic E-state index is 13.2. The van der Waals surface area contributed by atoms with Crippen LogP contribution >= 0.6 is 11.6 Å². The summed E-state index contributed by atoms with van der Waals surface area (Å²) < 4.78 is 18.1. The van der Waals surface area contributed by atoms with E-state index in [2.05, 4.69) is 9.97 Å². The fraction of sp³-hybridized carbons (Fsp3) is 0.200. The molecule has 0 fully saturated rings. The molecule has 0 aliphatic heterocycles. The fourth-order valence-corrected chi connectivity index (χ4v) is 1.57. The van der Waals surface area contributed by atoms with Gasteiger partial charge in [0.05, 0.1) is 18.4 Å². The molecule has 0 saturated carbocycles. The third-order valence-corrected chi connectivity index (χ3v) is 2.39. The van der Waals surface area contributed by atoms with Gasteiger partial charge in [-0.2, -0.15) is 0 Å². The number of ether oxygens (including phenoxy) is 1. The zero-order chi connectivity index (χ0) is 11.7. The van der Waals surface area contributed by atoms with E-state index in [1.54, 1.807) is 0 Å². The number of fused-ring (bicyclic) bond motifs is 1. The zero-order valence-electron chi connectivity index (χ0n) is 8.38. The van der Waals surface area contributed by atoms with Crippen LogP contribution in [0.1, 0.15) is 5.82 Å². The van der Waals surface area contributed by atoms with E-state index in [1.807, 2.05) is 0 Å². The third-order valence-electron chi connectivity index (χ3n) is 2.14. The van der Waals surface area contributed by atoms with Crippen LogP contribution in [0.5, 0.6) is 5.75 Å². The minimum absolute atomic E-state index is 0.0751. The Bertz CT molecular complexity index is 597. The van der Waals surface area contributed by atoms with Crippen molar-refractivity contribution in [3.05, 3.63) is 34.1 Å². The summed E-state index contributed by atoms with van der Waals surface area (Å²) in [4.78, 5) is 18.1. The molecular weight excluding hydrogens is 235 g/mol. The predicted octanol–water partition coefficient (Wildman–Crippen LogP) is 1.81. The first-order valence-electron chi connectivity index (χ1n) is 4.48. The summed E-state index contributed by atoms with van der Waals surface area (Å²) in [6.07, 6.45) is 0. The zero-order valence-corrected chi connectivity index (χ0v) is 9.14. The number of hydrogen-bond donors (Lipinski definition) is 1. The van der Waals surface area contributed by atoms with Gasteiger partial charge in [0.2, 0.25) is 0 Å². The monoisotopic (exact) mass is 242 g/mol.